The first-order valence-electron chi connectivity index (χ1n) is 32.4. The average Bonchev–Trinajstić information content (AvgIpc) is 1.60. The zero-order valence-corrected chi connectivity index (χ0v) is 56.5. The molecule has 2 unspecified atom stereocenters. The summed E-state index contributed by atoms with van der Waals surface area (Å²) in [5, 5.41) is 83.1. The second-order valence-corrected chi connectivity index (χ2v) is 26.8. The Morgan fingerprint density at radius 3 is 1.62 bits per heavy atom. The number of nitrogens with two attached hydrogens (primary N) is 1. The largest absolute Gasteiger partial charge is 0.480 e. The van der Waals surface area contributed by atoms with Crippen LogP contribution in [0.2, 0.25) is 0 Å². The lowest BCUT2D eigenvalue weighted by atomic mass is 10.0. The van der Waals surface area contributed by atoms with Crippen LogP contribution in [-0.4, -0.2) is 284 Å². The molecule has 0 aliphatic carbocycles. The minimum Gasteiger partial charge on any atom is -0.480 e. The second-order valence-electron chi connectivity index (χ2n) is 24.3. The maximum absolute atomic E-state index is 15.3. The van der Waals surface area contributed by atoms with Crippen LogP contribution in [0.4, 0.5) is 0 Å². The van der Waals surface area contributed by atoms with E-state index in [1.54, 1.807) is 98.6 Å². The quantitative estimate of drug-likeness (QED) is 0.0218. The molecule has 3 heterocycles. The van der Waals surface area contributed by atoms with Crippen molar-refractivity contribution in [2.75, 3.05) is 103 Å². The Bertz CT molecular complexity index is 3270. The van der Waals surface area contributed by atoms with Gasteiger partial charge in [-0.15, -0.1) is 0 Å². The van der Waals surface area contributed by atoms with Crippen LogP contribution in [0, 0.1) is 0 Å². The number of unbranched alkanes of at least 4 members (excludes halogenated alkanes) is 1. The number of hydrogen-bond donors (Lipinski definition) is 16. The van der Waals surface area contributed by atoms with Crippen LogP contribution < -0.4 is 48.3 Å². The van der Waals surface area contributed by atoms with Crippen molar-refractivity contribution in [1.29, 1.82) is 0 Å². The molecule has 3 aromatic carbocycles. The number of nitrogens with one attached hydrogen (secondary N) is 9. The van der Waals surface area contributed by atoms with Gasteiger partial charge in [0, 0.05) is 100 Å². The van der Waals surface area contributed by atoms with Gasteiger partial charge in [0.25, 0.3) is 0 Å². The molecular formula is C65H92N14O17S2. The topological polar surface area (TPSA) is 460 Å². The van der Waals surface area contributed by atoms with Crippen LogP contribution >= 0.6 is 21.6 Å². The molecule has 0 bridgehead atoms. The Balaban J connectivity index is 1.39. The molecule has 2 aliphatic rings. The monoisotopic (exact) mass is 1400 g/mol. The maximum Gasteiger partial charge on any atom is 0.317 e. The Morgan fingerprint density at radius 1 is 0.582 bits per heavy atom. The first kappa shape index (κ1) is 78.7. The Morgan fingerprint density at radius 2 is 1.08 bits per heavy atom. The van der Waals surface area contributed by atoms with Gasteiger partial charge < -0.3 is 83.9 Å². The fourth-order valence-electron chi connectivity index (χ4n) is 11.0. The van der Waals surface area contributed by atoms with Crippen molar-refractivity contribution in [1.82, 2.24) is 67.1 Å². The minimum absolute atomic E-state index is 0.0330. The number of aromatic amines is 1. The van der Waals surface area contributed by atoms with Gasteiger partial charge in [0.05, 0.1) is 51.0 Å². The molecule has 98 heavy (non-hydrogen) atoms. The summed E-state index contributed by atoms with van der Waals surface area (Å²) >= 11 is 0. The molecule has 2 aliphatic heterocycles. The lowest BCUT2D eigenvalue weighted by Crippen LogP contribution is -2.62. The van der Waals surface area contributed by atoms with Gasteiger partial charge in [0.2, 0.25) is 47.3 Å². The van der Waals surface area contributed by atoms with Gasteiger partial charge >= 0.3 is 17.9 Å². The third kappa shape index (κ3) is 26.5. The number of aliphatic hydroxyl groups is 3. The predicted molar refractivity (Wildman–Crippen MR) is 365 cm³/mol. The van der Waals surface area contributed by atoms with Gasteiger partial charge in [-0.1, -0.05) is 100 Å². The number of amides is 8. The zero-order chi connectivity index (χ0) is 71.3. The summed E-state index contributed by atoms with van der Waals surface area (Å²) in [5.41, 5.74) is 8.27. The molecule has 10 atom stereocenters. The van der Waals surface area contributed by atoms with Gasteiger partial charge in [-0.05, 0) is 62.4 Å². The number of rotatable bonds is 26. The molecule has 0 saturated carbocycles. The number of carbonyl (C=O) groups excluding carboxylic acids is 8. The van der Waals surface area contributed by atoms with E-state index in [1.165, 1.54) is 13.8 Å². The fourth-order valence-corrected chi connectivity index (χ4v) is 13.4. The first-order valence-corrected chi connectivity index (χ1v) is 34.9. The summed E-state index contributed by atoms with van der Waals surface area (Å²) in [7, 11) is 1.86. The smallest absolute Gasteiger partial charge is 0.317 e. The maximum atomic E-state index is 15.3. The van der Waals surface area contributed by atoms with Gasteiger partial charge in [0.1, 0.15) is 42.3 Å². The second kappa shape index (κ2) is 40.6. The molecular weight excluding hydrogens is 1310 g/mol. The summed E-state index contributed by atoms with van der Waals surface area (Å²) in [6.07, 6.45) is -1.04. The highest BCUT2D eigenvalue weighted by molar-refractivity contribution is 8.76. The van der Waals surface area contributed by atoms with Gasteiger partial charge in [-0.2, -0.15) is 0 Å². The van der Waals surface area contributed by atoms with Crippen molar-refractivity contribution in [3.8, 4) is 0 Å². The number of aliphatic carboxylic acids is 3. The van der Waals surface area contributed by atoms with E-state index in [-0.39, 0.29) is 103 Å². The molecule has 17 N–H and O–H groups in total. The number of carbonyl (C=O) groups is 11. The molecule has 8 amide bonds. The molecule has 536 valence electrons. The third-order valence-electron chi connectivity index (χ3n) is 16.5. The van der Waals surface area contributed by atoms with E-state index in [2.05, 4.69) is 47.5 Å². The number of carboxylic acid groups (broad SMARTS) is 3. The summed E-state index contributed by atoms with van der Waals surface area (Å²) in [4.78, 5) is 163. The highest BCUT2D eigenvalue weighted by Crippen LogP contribution is 2.25. The fraction of sp³-hybridized carbons (Fsp3) is 0.523. The Labute approximate surface area is 575 Å². The summed E-state index contributed by atoms with van der Waals surface area (Å²) < 4.78 is 0. The Hall–Kier alpha value is -8.25. The molecule has 0 radical (unpaired) electrons. The number of carboxylic acids is 3. The van der Waals surface area contributed by atoms with Crippen LogP contribution in [-0.2, 0) is 72.0 Å². The molecule has 0 spiro atoms. The van der Waals surface area contributed by atoms with Crippen molar-refractivity contribution in [3.05, 3.63) is 108 Å². The number of fused-ring (bicyclic) bond motifs is 1. The number of aliphatic hydroxyl groups excluding tert-OH is 3. The SMILES string of the molecule is CC(O)[C@H](CO)NC(=O)[C@@H]1CSSC[C@H](NC(=O)[C@@H](Cc2ccccc2)NC(=O)CN2CCN(CC(=O)O)CCN(CC(=O)O)CCN(CC(=O)O)CC2)C(=O)N[C@@H](Cc2ccccc2)C(=O)N[C@H](Cc2c[nH]c3ccccc23)C(=O)N[C@@H](CCCCN)C(=O)N[C@H](C(C)O)C(=O)N1. The lowest BCUT2D eigenvalue weighted by Gasteiger charge is -2.33. The molecule has 33 heteroatoms. The molecule has 31 nitrogen and oxygen atoms in total. The Kier molecular flexibility index (Phi) is 32.6. The van der Waals surface area contributed by atoms with Crippen molar-refractivity contribution in [2.24, 2.45) is 5.73 Å². The van der Waals surface area contributed by atoms with E-state index < -0.39 is 152 Å². The molecule has 2 fully saturated rings. The van der Waals surface area contributed by atoms with E-state index in [9.17, 15) is 69.0 Å². The van der Waals surface area contributed by atoms with E-state index in [0.29, 0.717) is 40.4 Å². The van der Waals surface area contributed by atoms with E-state index in [0.717, 1.165) is 21.6 Å². The van der Waals surface area contributed by atoms with E-state index in [4.69, 9.17) is 5.73 Å². The average molecular weight is 1410 g/mol. The number of nitrogens with zero attached hydrogens (tertiary/aromatic N) is 4. The van der Waals surface area contributed by atoms with Crippen molar-refractivity contribution in [2.45, 2.75) is 113 Å². The standard InChI is InChI=1S/C65H92N14O17S2/c1-40(81)51(37-80)72-64(95)53-39-98-97-38-52(73-60(91)48(29-42-13-5-3-6-14-42)68-54(83)33-76-21-23-77(34-55(84)85)25-27-79(36-57(88)89)28-26-78(24-22-76)35-56(86)87)63(94)70-49(30-43-15-7-4-8-16-43)61(92)71-50(31-44-32-67-46-18-10-9-17-45(44)46)62(93)69-47(19-11-12-20-66)59(90)75-58(41(2)82)65(96)74-53/h3-10,13-18,32,40-41,47-53,58,67,80-82H,11-12,19-31,33-39,66H2,1-2H3,(H,68,83)(H,69,93)(H,70,94)(H,71,92)(H,72,95)(H,73,91)(H,74,96)(H,75,90)(H,84,85)(H,86,87)(H,88,89)/t40?,41?,47-,48+,49-,50+,51-,52-,53-,58+/m0/s1. The zero-order valence-electron chi connectivity index (χ0n) is 54.8. The summed E-state index contributed by atoms with van der Waals surface area (Å²) in [6.45, 7) is 1.25. The molecule has 6 rings (SSSR count). The predicted octanol–water partition coefficient (Wildman–Crippen LogP) is -3.17. The number of aromatic nitrogens is 1. The van der Waals surface area contributed by atoms with Gasteiger partial charge in [-0.25, -0.2) is 0 Å². The van der Waals surface area contributed by atoms with Gasteiger partial charge in [0.15, 0.2) is 0 Å². The van der Waals surface area contributed by atoms with Crippen molar-refractivity contribution < 1.29 is 83.4 Å². The molecule has 1 aromatic heterocycles. The minimum atomic E-state index is -1.76. The number of para-hydroxylation sites is 1. The van der Waals surface area contributed by atoms with Crippen molar-refractivity contribution in [3.63, 3.8) is 0 Å². The third-order valence-corrected chi connectivity index (χ3v) is 18.9. The van der Waals surface area contributed by atoms with E-state index in [1.807, 2.05) is 12.1 Å². The van der Waals surface area contributed by atoms with Crippen LogP contribution in [0.3, 0.4) is 0 Å². The van der Waals surface area contributed by atoms with Crippen molar-refractivity contribution >= 4 is 97.7 Å². The number of benzene rings is 3. The summed E-state index contributed by atoms with van der Waals surface area (Å²) in [5.74, 6) is -11.2. The molecule has 2 saturated heterocycles. The molecule has 4 aromatic rings. The number of H-pyrrole nitrogens is 1. The first-order chi connectivity index (χ1) is 46.9. The highest BCUT2D eigenvalue weighted by atomic mass is 33.1. The number of hydrogen-bond acceptors (Lipinski definition) is 21. The van der Waals surface area contributed by atoms with Crippen LogP contribution in [0.5, 0.6) is 0 Å². The van der Waals surface area contributed by atoms with Crippen LogP contribution in [0.1, 0.15) is 49.8 Å². The lowest BCUT2D eigenvalue weighted by molar-refractivity contribution is -0.140. The van der Waals surface area contributed by atoms with Crippen LogP contribution in [0.25, 0.3) is 10.9 Å². The van der Waals surface area contributed by atoms with Gasteiger partial charge in [-0.3, -0.25) is 72.3 Å². The van der Waals surface area contributed by atoms with E-state index >= 15 is 14.4 Å². The van der Waals surface area contributed by atoms with Crippen LogP contribution in [0.15, 0.2) is 91.1 Å². The normalized spacial score (nSPS) is 22.1. The highest BCUT2D eigenvalue weighted by Gasteiger charge is 2.37. The summed E-state index contributed by atoms with van der Waals surface area (Å²) in [6, 6.07) is 12.5.